The second kappa shape index (κ2) is 11.2. The molecule has 0 spiro atoms. The molecule has 1 N–H and O–H groups in total. The zero-order chi connectivity index (χ0) is 25.4. The zero-order valence-electron chi connectivity index (χ0n) is 21.4. The minimum Gasteiger partial charge on any atom is -0.545 e. The number of furan rings is 1. The van der Waals surface area contributed by atoms with Crippen molar-refractivity contribution < 1.29 is 48.6 Å². The molecule has 0 bridgehead atoms. The number of carbonyl (C=O) groups is 1. The molecule has 2 aromatic heterocycles. The van der Waals surface area contributed by atoms with Gasteiger partial charge in [0.05, 0.1) is 16.9 Å². The molecule has 0 saturated carbocycles. The number of nitrogens with zero attached hydrogens (tertiary/aromatic N) is 1. The fourth-order valence-corrected chi connectivity index (χ4v) is 4.81. The van der Waals surface area contributed by atoms with Crippen LogP contribution in [0.1, 0.15) is 40.1 Å². The van der Waals surface area contributed by atoms with Gasteiger partial charge in [0.15, 0.2) is 5.76 Å². The molecule has 0 radical (unpaired) electrons. The Bertz CT molecular complexity index is 1600. The Balaban J connectivity index is 0.00000320. The second-order valence-electron chi connectivity index (χ2n) is 8.69. The Hall–Kier alpha value is -2.97. The van der Waals surface area contributed by atoms with Crippen molar-refractivity contribution in [3.05, 3.63) is 89.0 Å². The smallest absolute Gasteiger partial charge is 0.545 e. The average molecular weight is 521 g/mol. The van der Waals surface area contributed by atoms with Crippen molar-refractivity contribution in [1.82, 2.24) is 4.98 Å². The number of para-hydroxylation sites is 1. The van der Waals surface area contributed by atoms with Crippen molar-refractivity contribution in [3.63, 3.8) is 0 Å². The van der Waals surface area contributed by atoms with Gasteiger partial charge in [-0.2, -0.15) is 0 Å². The zero-order valence-corrected chi connectivity index (χ0v) is 24.2. The summed E-state index contributed by atoms with van der Waals surface area (Å²) in [6.45, 7) is 5.77. The Morgan fingerprint density at radius 3 is 2.49 bits per heavy atom. The minimum atomic E-state index is -1.30. The third kappa shape index (κ3) is 5.22. The summed E-state index contributed by atoms with van der Waals surface area (Å²) in [7, 11) is 0. The monoisotopic (exact) mass is 520 g/mol. The van der Waals surface area contributed by atoms with Crippen molar-refractivity contribution in [3.8, 4) is 17.2 Å². The van der Waals surface area contributed by atoms with Crippen LogP contribution in [0, 0.1) is 13.8 Å². The third-order valence-electron chi connectivity index (χ3n) is 6.32. The maximum atomic E-state index is 12.3. The van der Waals surface area contributed by atoms with E-state index in [-0.39, 0.29) is 41.2 Å². The van der Waals surface area contributed by atoms with Gasteiger partial charge in [0.1, 0.15) is 23.1 Å². The van der Waals surface area contributed by atoms with Crippen LogP contribution in [0.4, 0.5) is 5.69 Å². The van der Waals surface area contributed by atoms with Crippen LogP contribution in [0.2, 0.25) is 0 Å². The van der Waals surface area contributed by atoms with Crippen LogP contribution in [-0.2, 0) is 0 Å². The number of aromatic carboxylic acids is 1. The number of rotatable bonds is 7. The Morgan fingerprint density at radius 1 is 1.08 bits per heavy atom. The molecule has 2 heterocycles. The van der Waals surface area contributed by atoms with Gasteiger partial charge in [-0.15, -0.1) is 0 Å². The van der Waals surface area contributed by atoms with E-state index in [9.17, 15) is 9.90 Å². The number of carboxylic acid groups (broad SMARTS) is 1. The van der Waals surface area contributed by atoms with Crippen LogP contribution in [0.15, 0.2) is 71.1 Å². The standard InChI is InChI=1S/C29H26N2O4S.Na/c1-16-9-14-25(34-18(3)19-10-12-20(13-11-19)31-36-4)26-22(29(32)33)15-23(30-27(16)26)28-17(2)21-7-5-6-8-24(21)35-28;/h5-15,18,31H,1-4H3,(H,32,33);/q;+1/p-1. The second-order valence-corrected chi connectivity index (χ2v) is 9.30. The van der Waals surface area contributed by atoms with E-state index in [1.165, 1.54) is 18.0 Å². The fraction of sp³-hybridized carbons (Fsp3) is 0.172. The third-order valence-corrected chi connectivity index (χ3v) is 6.76. The molecule has 0 aliphatic heterocycles. The number of fused-ring (bicyclic) bond motifs is 2. The number of aromatic nitrogens is 1. The van der Waals surface area contributed by atoms with Gasteiger partial charge in [0.2, 0.25) is 0 Å². The van der Waals surface area contributed by atoms with E-state index in [0.717, 1.165) is 33.3 Å². The molecule has 3 aromatic carbocycles. The van der Waals surface area contributed by atoms with Gasteiger partial charge in [0.25, 0.3) is 0 Å². The van der Waals surface area contributed by atoms with E-state index in [2.05, 4.69) is 4.72 Å². The van der Waals surface area contributed by atoms with E-state index in [0.29, 0.717) is 28.1 Å². The number of hydrogen-bond acceptors (Lipinski definition) is 7. The number of anilines is 1. The van der Waals surface area contributed by atoms with Gasteiger partial charge in [-0.1, -0.05) is 48.3 Å². The fourth-order valence-electron chi connectivity index (χ4n) is 4.44. The van der Waals surface area contributed by atoms with E-state index < -0.39 is 5.97 Å². The van der Waals surface area contributed by atoms with E-state index in [4.69, 9.17) is 14.1 Å². The molecule has 5 aromatic rings. The molecule has 1 unspecified atom stereocenters. The number of nitrogens with one attached hydrogen (secondary N) is 1. The normalized spacial score (nSPS) is 11.8. The van der Waals surface area contributed by atoms with Crippen molar-refractivity contribution in [2.24, 2.45) is 0 Å². The summed E-state index contributed by atoms with van der Waals surface area (Å²) in [4.78, 5) is 17.2. The van der Waals surface area contributed by atoms with E-state index >= 15 is 0 Å². The number of carbonyl (C=O) groups excluding carboxylic acids is 1. The first-order chi connectivity index (χ1) is 17.4. The van der Waals surface area contributed by atoms with E-state index in [1.54, 1.807) is 6.07 Å². The molecule has 0 aliphatic rings. The number of benzene rings is 3. The molecule has 0 amide bonds. The maximum absolute atomic E-state index is 12.3. The molecule has 6 nitrogen and oxygen atoms in total. The average Bonchev–Trinajstić information content (AvgIpc) is 3.22. The SMILES string of the molecule is CSNc1ccc(C(C)Oc2ccc(C)c3nc(-c4oc5ccccc5c4C)cc(C(=O)[O-])c23)cc1.[Na+]. The van der Waals surface area contributed by atoms with Crippen LogP contribution in [0.5, 0.6) is 5.75 Å². The van der Waals surface area contributed by atoms with Gasteiger partial charge < -0.3 is 23.8 Å². The summed E-state index contributed by atoms with van der Waals surface area (Å²) >= 11 is 1.52. The summed E-state index contributed by atoms with van der Waals surface area (Å²) in [5.74, 6) is -0.319. The predicted octanol–water partition coefficient (Wildman–Crippen LogP) is 3.46. The molecule has 182 valence electrons. The predicted molar refractivity (Wildman–Crippen MR) is 143 cm³/mol. The molecule has 0 saturated heterocycles. The first kappa shape index (κ1) is 27.1. The molecule has 1 atom stereocenters. The summed E-state index contributed by atoms with van der Waals surface area (Å²) < 4.78 is 15.6. The number of hydrogen-bond donors (Lipinski definition) is 1. The first-order valence-electron chi connectivity index (χ1n) is 11.6. The van der Waals surface area contributed by atoms with Gasteiger partial charge in [-0.3, -0.25) is 0 Å². The molecule has 8 heteroatoms. The van der Waals surface area contributed by atoms with Crippen molar-refractivity contribution in [1.29, 1.82) is 0 Å². The maximum Gasteiger partial charge on any atom is 1.00 e. The van der Waals surface area contributed by atoms with Gasteiger partial charge >= 0.3 is 29.6 Å². The number of aryl methyl sites for hydroxylation is 2. The number of ether oxygens (including phenoxy) is 1. The summed E-state index contributed by atoms with van der Waals surface area (Å²) in [6.07, 6.45) is 1.65. The van der Waals surface area contributed by atoms with Crippen LogP contribution >= 0.6 is 11.9 Å². The van der Waals surface area contributed by atoms with Crippen LogP contribution < -0.4 is 44.1 Å². The van der Waals surface area contributed by atoms with Crippen molar-refractivity contribution in [2.45, 2.75) is 26.9 Å². The van der Waals surface area contributed by atoms with Crippen LogP contribution in [0.25, 0.3) is 33.3 Å². The minimum absolute atomic E-state index is 0. The van der Waals surface area contributed by atoms with E-state index in [1.807, 2.05) is 81.6 Å². The molecule has 0 fully saturated rings. The van der Waals surface area contributed by atoms with Crippen molar-refractivity contribution in [2.75, 3.05) is 11.0 Å². The Labute approximate surface area is 241 Å². The summed E-state index contributed by atoms with van der Waals surface area (Å²) in [6, 6.07) is 20.8. The summed E-state index contributed by atoms with van der Waals surface area (Å²) in [5.41, 5.74) is 5.42. The largest absolute Gasteiger partial charge is 1.00 e. The quantitative estimate of drug-likeness (QED) is 0.260. The Kier molecular flexibility index (Phi) is 8.19. The molecule has 5 rings (SSSR count). The topological polar surface area (TPSA) is 87.4 Å². The molecule has 0 aliphatic carbocycles. The number of pyridine rings is 1. The van der Waals surface area contributed by atoms with Crippen LogP contribution in [-0.4, -0.2) is 17.2 Å². The first-order valence-corrected chi connectivity index (χ1v) is 12.8. The van der Waals surface area contributed by atoms with Gasteiger partial charge in [-0.25, -0.2) is 4.98 Å². The number of carboxylic acids is 1. The van der Waals surface area contributed by atoms with Crippen LogP contribution in [0.3, 0.4) is 0 Å². The van der Waals surface area contributed by atoms with Gasteiger partial charge in [-0.05, 0) is 62.2 Å². The molecular formula is C29H25N2NaO4S. The molecular weight excluding hydrogens is 495 g/mol. The Morgan fingerprint density at radius 2 is 1.81 bits per heavy atom. The summed E-state index contributed by atoms with van der Waals surface area (Å²) in [5, 5.41) is 13.7. The van der Waals surface area contributed by atoms with Crippen molar-refractivity contribution >= 4 is 45.5 Å². The molecule has 37 heavy (non-hydrogen) atoms. The van der Waals surface area contributed by atoms with Gasteiger partial charge in [0, 0.05) is 28.5 Å².